The van der Waals surface area contributed by atoms with Gasteiger partial charge in [0.2, 0.25) is 11.5 Å². The lowest BCUT2D eigenvalue weighted by Gasteiger charge is -2.10. The number of furan rings is 1. The highest BCUT2D eigenvalue weighted by molar-refractivity contribution is 6.06. The van der Waals surface area contributed by atoms with E-state index < -0.39 is 0 Å². The summed E-state index contributed by atoms with van der Waals surface area (Å²) in [5.74, 6) is 2.72. The Morgan fingerprint density at radius 2 is 0.909 bits per heavy atom. The molecular weight excluding hydrogens is 677 g/mol. The van der Waals surface area contributed by atoms with Gasteiger partial charge in [0, 0.05) is 27.8 Å². The molecule has 11 rings (SSSR count). The maximum absolute atomic E-state index is 6.50. The minimum Gasteiger partial charge on any atom is -0.437 e. The number of rotatable bonds is 6. The van der Waals surface area contributed by atoms with Gasteiger partial charge in [-0.1, -0.05) is 133 Å². The summed E-state index contributed by atoms with van der Waals surface area (Å²) in [5.41, 5.74) is 12.7. The van der Waals surface area contributed by atoms with Crippen LogP contribution in [0.25, 0.3) is 101 Å². The average Bonchev–Trinajstić information content (AvgIpc) is 3.92. The Hall–Kier alpha value is -7.64. The van der Waals surface area contributed by atoms with E-state index >= 15 is 0 Å². The molecule has 0 unspecified atom stereocenters. The predicted molar refractivity (Wildman–Crippen MR) is 220 cm³/mol. The van der Waals surface area contributed by atoms with Crippen molar-refractivity contribution in [2.75, 3.05) is 0 Å². The van der Waals surface area contributed by atoms with E-state index in [9.17, 15) is 0 Å². The maximum atomic E-state index is 6.50. The zero-order valence-electron chi connectivity index (χ0n) is 29.4. The van der Waals surface area contributed by atoms with E-state index in [4.69, 9.17) is 24.4 Å². The molecule has 7 nitrogen and oxygen atoms in total. The zero-order valence-corrected chi connectivity index (χ0v) is 29.4. The molecule has 0 bridgehead atoms. The van der Waals surface area contributed by atoms with E-state index in [0.29, 0.717) is 17.5 Å². The van der Waals surface area contributed by atoms with Crippen molar-refractivity contribution in [2.24, 2.45) is 0 Å². The molecule has 0 N–H and O–H groups in total. The molecule has 0 atom stereocenters. The third kappa shape index (κ3) is 5.21. The van der Waals surface area contributed by atoms with Crippen LogP contribution in [0, 0.1) is 0 Å². The lowest BCUT2D eigenvalue weighted by atomic mass is 9.97. The summed E-state index contributed by atoms with van der Waals surface area (Å²) in [7, 11) is 0. The largest absolute Gasteiger partial charge is 0.437 e. The molecule has 0 fully saturated rings. The van der Waals surface area contributed by atoms with Crippen molar-refractivity contribution in [1.29, 1.82) is 0 Å². The molecule has 0 aliphatic heterocycles. The van der Waals surface area contributed by atoms with Crippen molar-refractivity contribution in [3.05, 3.63) is 182 Å². The van der Waals surface area contributed by atoms with Gasteiger partial charge in [0.1, 0.15) is 11.1 Å². The summed E-state index contributed by atoms with van der Waals surface area (Å²) in [6.07, 6.45) is 0. The fourth-order valence-electron chi connectivity index (χ4n) is 7.56. The monoisotopic (exact) mass is 706 g/mol. The van der Waals surface area contributed by atoms with Gasteiger partial charge in [-0.15, -0.1) is 0 Å². The van der Waals surface area contributed by atoms with Gasteiger partial charge in [0.25, 0.3) is 0 Å². The quantitative estimate of drug-likeness (QED) is 0.172. The van der Waals surface area contributed by atoms with Crippen molar-refractivity contribution >= 4 is 39.0 Å². The van der Waals surface area contributed by atoms with Crippen LogP contribution in [-0.2, 0) is 0 Å². The first-order valence-corrected chi connectivity index (χ1v) is 18.2. The molecule has 0 spiro atoms. The predicted octanol–water partition coefficient (Wildman–Crippen LogP) is 11.7. The Kier molecular flexibility index (Phi) is 7.03. The van der Waals surface area contributed by atoms with Crippen LogP contribution in [0.5, 0.6) is 0 Å². The van der Waals surface area contributed by atoms with Gasteiger partial charge in [-0.3, -0.25) is 4.57 Å². The van der Waals surface area contributed by atoms with Crippen LogP contribution in [0.15, 0.2) is 186 Å². The second kappa shape index (κ2) is 12.5. The van der Waals surface area contributed by atoms with Crippen molar-refractivity contribution in [3.63, 3.8) is 0 Å². The molecular formula is C48H30N6O. The lowest BCUT2D eigenvalue weighted by Crippen LogP contribution is -2.00. The Morgan fingerprint density at radius 1 is 0.400 bits per heavy atom. The molecule has 0 radical (unpaired) electrons. The standard InChI is InChI=1S/C48H30N6O/c1-4-14-31(15-5-1)44-50-45(32-16-6-2-7-17-32)52-46(51-44)37-21-13-20-35(29-37)33-18-12-19-34(28-33)36-26-27-41-40(30-36)49-48-53(38-22-8-3-9-23-38)43-39-24-10-11-25-42(39)55-47(43)54(41)48/h1-30H. The number of nitrogens with zero attached hydrogens (tertiary/aromatic N) is 6. The van der Waals surface area contributed by atoms with E-state index in [2.05, 4.69) is 106 Å². The molecule has 4 heterocycles. The fourth-order valence-corrected chi connectivity index (χ4v) is 7.56. The smallest absolute Gasteiger partial charge is 0.232 e. The van der Waals surface area contributed by atoms with Crippen molar-refractivity contribution in [1.82, 2.24) is 28.9 Å². The first-order chi connectivity index (χ1) is 27.2. The van der Waals surface area contributed by atoms with Crippen molar-refractivity contribution in [3.8, 4) is 62.1 Å². The summed E-state index contributed by atoms with van der Waals surface area (Å²) >= 11 is 0. The molecule has 7 heteroatoms. The van der Waals surface area contributed by atoms with Gasteiger partial charge < -0.3 is 4.42 Å². The van der Waals surface area contributed by atoms with Crippen LogP contribution in [0.4, 0.5) is 0 Å². The van der Waals surface area contributed by atoms with Gasteiger partial charge in [-0.25, -0.2) is 24.3 Å². The summed E-state index contributed by atoms with van der Waals surface area (Å²) in [4.78, 5) is 20.0. The summed E-state index contributed by atoms with van der Waals surface area (Å²) in [5, 5.41) is 1.06. The number of fused-ring (bicyclic) bond motifs is 7. The number of imidazole rings is 2. The van der Waals surface area contributed by atoms with E-state index in [0.717, 1.165) is 83.6 Å². The van der Waals surface area contributed by atoms with Gasteiger partial charge in [0.15, 0.2) is 17.5 Å². The fraction of sp³-hybridized carbons (Fsp3) is 0. The Bertz CT molecular complexity index is 3140. The number of para-hydroxylation sites is 2. The molecule has 258 valence electrons. The van der Waals surface area contributed by atoms with Gasteiger partial charge in [-0.05, 0) is 70.8 Å². The second-order valence-corrected chi connectivity index (χ2v) is 13.6. The van der Waals surface area contributed by atoms with Crippen LogP contribution in [-0.4, -0.2) is 28.9 Å². The zero-order chi connectivity index (χ0) is 36.3. The van der Waals surface area contributed by atoms with Crippen LogP contribution in [0.3, 0.4) is 0 Å². The van der Waals surface area contributed by atoms with E-state index in [-0.39, 0.29) is 0 Å². The third-order valence-corrected chi connectivity index (χ3v) is 10.2. The van der Waals surface area contributed by atoms with Crippen LogP contribution in [0.1, 0.15) is 0 Å². The van der Waals surface area contributed by atoms with Crippen LogP contribution in [0.2, 0.25) is 0 Å². The molecule has 11 aromatic rings. The highest BCUT2D eigenvalue weighted by atomic mass is 16.3. The van der Waals surface area contributed by atoms with Crippen LogP contribution < -0.4 is 0 Å². The Morgan fingerprint density at radius 3 is 1.56 bits per heavy atom. The Labute approximate surface area is 315 Å². The van der Waals surface area contributed by atoms with Crippen molar-refractivity contribution in [2.45, 2.75) is 0 Å². The van der Waals surface area contributed by atoms with Gasteiger partial charge >= 0.3 is 0 Å². The minimum atomic E-state index is 0.626. The first kappa shape index (κ1) is 30.9. The molecule has 4 aromatic heterocycles. The number of hydrogen-bond donors (Lipinski definition) is 0. The Balaban J connectivity index is 1.00. The highest BCUT2D eigenvalue weighted by Crippen LogP contribution is 2.37. The summed E-state index contributed by atoms with van der Waals surface area (Å²) in [6, 6.07) is 62.2. The molecule has 55 heavy (non-hydrogen) atoms. The van der Waals surface area contributed by atoms with Gasteiger partial charge in [0.05, 0.1) is 11.0 Å². The molecule has 0 aliphatic carbocycles. The number of aromatic nitrogens is 6. The number of benzene rings is 7. The van der Waals surface area contributed by atoms with Crippen molar-refractivity contribution < 1.29 is 4.42 Å². The van der Waals surface area contributed by atoms with Crippen LogP contribution >= 0.6 is 0 Å². The number of hydrogen-bond acceptors (Lipinski definition) is 5. The molecule has 0 amide bonds. The molecule has 0 saturated heterocycles. The first-order valence-electron chi connectivity index (χ1n) is 18.2. The minimum absolute atomic E-state index is 0.626. The van der Waals surface area contributed by atoms with E-state index in [1.807, 2.05) is 84.9 Å². The lowest BCUT2D eigenvalue weighted by molar-refractivity contribution is 0.651. The molecule has 0 saturated carbocycles. The second-order valence-electron chi connectivity index (χ2n) is 13.6. The summed E-state index contributed by atoms with van der Waals surface area (Å²) in [6.45, 7) is 0. The third-order valence-electron chi connectivity index (χ3n) is 10.2. The van der Waals surface area contributed by atoms with E-state index in [1.165, 1.54) is 0 Å². The molecule has 0 aliphatic rings. The maximum Gasteiger partial charge on any atom is 0.232 e. The SMILES string of the molecule is c1ccc(-c2nc(-c3ccccc3)nc(-c3cccc(-c4cccc(-c5ccc6c(c5)nc5n(-c7ccccc7)c7c8ccccc8oc7n65)c4)c3)n2)cc1. The molecule has 7 aromatic carbocycles. The van der Waals surface area contributed by atoms with E-state index in [1.54, 1.807) is 0 Å². The topological polar surface area (TPSA) is 74.0 Å². The average molecular weight is 707 g/mol. The summed E-state index contributed by atoms with van der Waals surface area (Å²) < 4.78 is 10.8. The van der Waals surface area contributed by atoms with Gasteiger partial charge in [-0.2, -0.15) is 0 Å². The normalized spacial score (nSPS) is 11.6. The highest BCUT2D eigenvalue weighted by Gasteiger charge is 2.23.